The van der Waals surface area contributed by atoms with E-state index in [-0.39, 0.29) is 0 Å². The molecule has 0 spiro atoms. The molecule has 3 aromatic carbocycles. The second-order valence-corrected chi connectivity index (χ2v) is 11.8. The molecule has 0 unspecified atom stereocenters. The minimum absolute atomic E-state index is 0.303. The van der Waals surface area contributed by atoms with Crippen molar-refractivity contribution in [1.29, 1.82) is 0 Å². The van der Waals surface area contributed by atoms with Gasteiger partial charge in [0.2, 0.25) is 0 Å². The SMILES string of the molecule is CCCCCCCCCCCCCCCCCC[C@H](O)COC(c1ccccc1)(c1ccccc1)c1ccccc1. The summed E-state index contributed by atoms with van der Waals surface area (Å²) in [4.78, 5) is 0. The van der Waals surface area contributed by atoms with Gasteiger partial charge >= 0.3 is 0 Å². The molecule has 2 heteroatoms. The van der Waals surface area contributed by atoms with E-state index >= 15 is 0 Å². The van der Waals surface area contributed by atoms with Crippen LogP contribution in [0.5, 0.6) is 0 Å². The fourth-order valence-electron chi connectivity index (χ4n) is 6.00. The van der Waals surface area contributed by atoms with Crippen LogP contribution in [0.2, 0.25) is 0 Å². The summed E-state index contributed by atoms with van der Waals surface area (Å²) in [5.74, 6) is 0. The Morgan fingerprint density at radius 1 is 0.488 bits per heavy atom. The van der Waals surface area contributed by atoms with Crippen LogP contribution in [0.1, 0.15) is 133 Å². The van der Waals surface area contributed by atoms with Crippen LogP contribution in [-0.4, -0.2) is 17.8 Å². The molecule has 0 aromatic heterocycles. The van der Waals surface area contributed by atoms with Gasteiger partial charge in [0.1, 0.15) is 5.60 Å². The topological polar surface area (TPSA) is 29.5 Å². The number of ether oxygens (including phenoxy) is 1. The minimum atomic E-state index is -0.764. The third-order valence-corrected chi connectivity index (χ3v) is 8.42. The van der Waals surface area contributed by atoms with Crippen LogP contribution in [0.4, 0.5) is 0 Å². The van der Waals surface area contributed by atoms with Crippen LogP contribution in [0.3, 0.4) is 0 Å². The Hall–Kier alpha value is -2.42. The van der Waals surface area contributed by atoms with E-state index in [1.165, 1.54) is 96.3 Å². The standard InChI is InChI=1S/C39H56O2/c1-2-3-4-5-6-7-8-9-10-11-12-13-14-15-16-26-33-38(40)34-41-39(35-27-20-17-21-28-35,36-29-22-18-23-30-36)37-31-24-19-25-32-37/h17-25,27-32,38,40H,2-16,26,33-34H2,1H3/t38-/m0/s1. The molecule has 0 radical (unpaired) electrons. The lowest BCUT2D eigenvalue weighted by molar-refractivity contribution is -0.0405. The van der Waals surface area contributed by atoms with Crippen LogP contribution in [0.25, 0.3) is 0 Å². The van der Waals surface area contributed by atoms with Crippen molar-refractivity contribution in [2.24, 2.45) is 0 Å². The molecule has 0 saturated heterocycles. The zero-order valence-corrected chi connectivity index (χ0v) is 25.8. The van der Waals surface area contributed by atoms with Gasteiger partial charge in [-0.25, -0.2) is 0 Å². The van der Waals surface area contributed by atoms with Crippen LogP contribution in [0.15, 0.2) is 91.0 Å². The zero-order chi connectivity index (χ0) is 28.9. The minimum Gasteiger partial charge on any atom is -0.391 e. The largest absolute Gasteiger partial charge is 0.391 e. The van der Waals surface area contributed by atoms with Crippen molar-refractivity contribution in [2.75, 3.05) is 6.61 Å². The molecule has 2 nitrogen and oxygen atoms in total. The lowest BCUT2D eigenvalue weighted by Crippen LogP contribution is -2.35. The van der Waals surface area contributed by atoms with E-state index in [4.69, 9.17) is 4.74 Å². The monoisotopic (exact) mass is 556 g/mol. The van der Waals surface area contributed by atoms with E-state index < -0.39 is 11.7 Å². The third kappa shape index (κ3) is 11.8. The maximum absolute atomic E-state index is 10.9. The van der Waals surface area contributed by atoms with E-state index in [0.29, 0.717) is 6.61 Å². The first-order valence-electron chi connectivity index (χ1n) is 16.8. The summed E-state index contributed by atoms with van der Waals surface area (Å²) in [6.07, 6.45) is 22.1. The van der Waals surface area contributed by atoms with Crippen molar-refractivity contribution < 1.29 is 9.84 Å². The number of rotatable bonds is 23. The molecule has 0 bridgehead atoms. The van der Waals surface area contributed by atoms with Crippen LogP contribution >= 0.6 is 0 Å². The Bertz CT molecular complexity index is 905. The summed E-state index contributed by atoms with van der Waals surface area (Å²) in [5, 5.41) is 10.9. The first-order chi connectivity index (χ1) is 20.3. The number of unbranched alkanes of at least 4 members (excludes halogenated alkanes) is 15. The van der Waals surface area contributed by atoms with E-state index in [2.05, 4.69) is 79.7 Å². The Balaban J connectivity index is 1.36. The van der Waals surface area contributed by atoms with E-state index in [1.807, 2.05) is 18.2 Å². The Kier molecular flexibility index (Phi) is 16.5. The quantitative estimate of drug-likeness (QED) is 0.0929. The number of aliphatic hydroxyl groups excluding tert-OH is 1. The second-order valence-electron chi connectivity index (χ2n) is 11.8. The maximum atomic E-state index is 10.9. The van der Waals surface area contributed by atoms with Gasteiger partial charge in [-0.05, 0) is 23.1 Å². The predicted octanol–water partition coefficient (Wildman–Crippen LogP) is 11.0. The molecular weight excluding hydrogens is 500 g/mol. The first kappa shape index (κ1) is 33.1. The van der Waals surface area contributed by atoms with Crippen molar-refractivity contribution in [2.45, 2.75) is 128 Å². The molecule has 1 N–H and O–H groups in total. The molecule has 0 aliphatic carbocycles. The van der Waals surface area contributed by atoms with Crippen molar-refractivity contribution in [3.05, 3.63) is 108 Å². The molecule has 1 atom stereocenters. The highest BCUT2D eigenvalue weighted by atomic mass is 16.5. The lowest BCUT2D eigenvalue weighted by atomic mass is 9.80. The van der Waals surface area contributed by atoms with Gasteiger partial charge in [0, 0.05) is 0 Å². The summed E-state index contributed by atoms with van der Waals surface area (Å²) in [6, 6.07) is 31.2. The van der Waals surface area contributed by atoms with Gasteiger partial charge in [0.05, 0.1) is 12.7 Å². The number of hydrogen-bond donors (Lipinski definition) is 1. The highest BCUT2D eigenvalue weighted by Crippen LogP contribution is 2.40. The van der Waals surface area contributed by atoms with E-state index in [0.717, 1.165) is 29.5 Å². The lowest BCUT2D eigenvalue weighted by Gasteiger charge is -2.36. The second kappa shape index (κ2) is 20.5. The molecular formula is C39H56O2. The van der Waals surface area contributed by atoms with Crippen LogP contribution in [0, 0.1) is 0 Å². The van der Waals surface area contributed by atoms with Crippen molar-refractivity contribution in [1.82, 2.24) is 0 Å². The molecule has 3 rings (SSSR count). The van der Waals surface area contributed by atoms with Gasteiger partial charge < -0.3 is 9.84 Å². The van der Waals surface area contributed by atoms with Crippen molar-refractivity contribution in [3.8, 4) is 0 Å². The summed E-state index contributed by atoms with van der Waals surface area (Å²) < 4.78 is 6.78. The molecule has 0 fully saturated rings. The molecule has 0 heterocycles. The van der Waals surface area contributed by atoms with Gasteiger partial charge in [-0.1, -0.05) is 201 Å². The van der Waals surface area contributed by atoms with Crippen LogP contribution in [-0.2, 0) is 10.3 Å². The molecule has 0 amide bonds. The molecule has 3 aromatic rings. The molecule has 41 heavy (non-hydrogen) atoms. The highest BCUT2D eigenvalue weighted by molar-refractivity contribution is 5.47. The average molecular weight is 557 g/mol. The number of hydrogen-bond acceptors (Lipinski definition) is 2. The fourth-order valence-corrected chi connectivity index (χ4v) is 6.00. The van der Waals surface area contributed by atoms with Crippen molar-refractivity contribution in [3.63, 3.8) is 0 Å². The predicted molar refractivity (Wildman–Crippen MR) is 175 cm³/mol. The summed E-state index contributed by atoms with van der Waals surface area (Å²) in [7, 11) is 0. The Labute approximate surface area is 251 Å². The third-order valence-electron chi connectivity index (χ3n) is 8.42. The maximum Gasteiger partial charge on any atom is 0.143 e. The first-order valence-corrected chi connectivity index (χ1v) is 16.8. The number of aliphatic hydroxyl groups is 1. The summed E-state index contributed by atoms with van der Waals surface area (Å²) >= 11 is 0. The summed E-state index contributed by atoms with van der Waals surface area (Å²) in [5.41, 5.74) is 2.46. The van der Waals surface area contributed by atoms with Crippen LogP contribution < -0.4 is 0 Å². The van der Waals surface area contributed by atoms with Gasteiger partial charge in [0.15, 0.2) is 0 Å². The Morgan fingerprint density at radius 2 is 0.805 bits per heavy atom. The average Bonchev–Trinajstić information content (AvgIpc) is 3.03. The molecule has 0 aliphatic heterocycles. The molecule has 0 aliphatic rings. The number of benzene rings is 3. The van der Waals surface area contributed by atoms with Gasteiger partial charge in [-0.3, -0.25) is 0 Å². The van der Waals surface area contributed by atoms with Gasteiger partial charge in [0.25, 0.3) is 0 Å². The zero-order valence-electron chi connectivity index (χ0n) is 25.8. The molecule has 224 valence electrons. The van der Waals surface area contributed by atoms with E-state index in [1.54, 1.807) is 0 Å². The molecule has 0 saturated carbocycles. The van der Waals surface area contributed by atoms with Gasteiger partial charge in [-0.2, -0.15) is 0 Å². The van der Waals surface area contributed by atoms with E-state index in [9.17, 15) is 5.11 Å². The smallest absolute Gasteiger partial charge is 0.143 e. The Morgan fingerprint density at radius 3 is 1.15 bits per heavy atom. The summed E-state index contributed by atoms with van der Waals surface area (Å²) in [6.45, 7) is 2.59. The fraction of sp³-hybridized carbons (Fsp3) is 0.538. The normalized spacial score (nSPS) is 12.4. The van der Waals surface area contributed by atoms with Crippen molar-refractivity contribution >= 4 is 0 Å². The van der Waals surface area contributed by atoms with Gasteiger partial charge in [-0.15, -0.1) is 0 Å². The highest BCUT2D eigenvalue weighted by Gasteiger charge is 2.37.